The fourth-order valence-corrected chi connectivity index (χ4v) is 3.92. The second kappa shape index (κ2) is 9.81. The Labute approximate surface area is 213 Å². The van der Waals surface area contributed by atoms with E-state index in [9.17, 15) is 22.8 Å². The maximum atomic E-state index is 13.1. The molecule has 3 N–H and O–H groups in total. The largest absolute Gasteiger partial charge is 0.416 e. The van der Waals surface area contributed by atoms with Gasteiger partial charge < -0.3 is 10.6 Å². The summed E-state index contributed by atoms with van der Waals surface area (Å²) in [5, 5.41) is 17.2. The number of carbonyl (C=O) groups excluding carboxylic acids is 2. The zero-order valence-electron chi connectivity index (χ0n) is 19.9. The minimum absolute atomic E-state index is 0.0522. The molecule has 0 aliphatic carbocycles. The monoisotopic (exact) mass is 519 g/mol. The molecule has 3 heterocycles. The van der Waals surface area contributed by atoms with Crippen LogP contribution in [0.3, 0.4) is 0 Å². The van der Waals surface area contributed by atoms with Gasteiger partial charge in [-0.2, -0.15) is 23.4 Å². The second-order valence-corrected chi connectivity index (χ2v) is 8.53. The number of anilines is 2. The first-order valence-electron chi connectivity index (χ1n) is 11.4. The Kier molecular flexibility index (Phi) is 6.37. The molecular formula is C26H20F3N7O2. The molecule has 5 rings (SSSR count). The highest BCUT2D eigenvalue weighted by Gasteiger charge is 2.32. The van der Waals surface area contributed by atoms with Crippen molar-refractivity contribution in [2.75, 3.05) is 10.6 Å². The van der Waals surface area contributed by atoms with Crippen LogP contribution in [0.1, 0.15) is 21.5 Å². The Morgan fingerprint density at radius 1 is 1.03 bits per heavy atom. The number of aromatic nitrogens is 5. The van der Waals surface area contributed by atoms with Gasteiger partial charge >= 0.3 is 6.18 Å². The number of nitrogens with zero attached hydrogens (tertiary/aromatic N) is 4. The van der Waals surface area contributed by atoms with Crippen molar-refractivity contribution in [1.82, 2.24) is 25.0 Å². The molecule has 0 saturated heterocycles. The summed E-state index contributed by atoms with van der Waals surface area (Å²) in [7, 11) is 0. The highest BCUT2D eigenvalue weighted by molar-refractivity contribution is 6.08. The van der Waals surface area contributed by atoms with Gasteiger partial charge in [0.05, 0.1) is 22.8 Å². The predicted octanol–water partition coefficient (Wildman–Crippen LogP) is 5.04. The van der Waals surface area contributed by atoms with Crippen LogP contribution in [0.25, 0.3) is 22.0 Å². The van der Waals surface area contributed by atoms with Gasteiger partial charge in [0.2, 0.25) is 5.91 Å². The van der Waals surface area contributed by atoms with E-state index < -0.39 is 17.6 Å². The van der Waals surface area contributed by atoms with Crippen LogP contribution in [0, 0.1) is 6.92 Å². The molecule has 0 saturated carbocycles. The van der Waals surface area contributed by atoms with Crippen molar-refractivity contribution in [3.8, 4) is 11.1 Å². The number of rotatable bonds is 6. The zero-order valence-corrected chi connectivity index (χ0v) is 19.9. The SMILES string of the molecule is Cc1ccc(NC(=O)Cn2cc(-c3ccc4c(NC(=O)c5cccnc5)n[nH]c4c3)cn2)cc1C(F)(F)F. The third kappa shape index (κ3) is 5.24. The van der Waals surface area contributed by atoms with Gasteiger partial charge in [-0.25, -0.2) is 0 Å². The number of halogens is 3. The number of benzene rings is 2. The quantitative estimate of drug-likeness (QED) is 0.291. The number of amides is 2. The summed E-state index contributed by atoms with van der Waals surface area (Å²) >= 11 is 0. The van der Waals surface area contributed by atoms with Crippen molar-refractivity contribution in [1.29, 1.82) is 0 Å². The smallest absolute Gasteiger partial charge is 0.324 e. The zero-order chi connectivity index (χ0) is 26.9. The lowest BCUT2D eigenvalue weighted by Crippen LogP contribution is -2.19. The normalized spacial score (nSPS) is 11.5. The number of hydrogen-bond acceptors (Lipinski definition) is 5. The number of H-pyrrole nitrogens is 1. The Morgan fingerprint density at radius 2 is 1.87 bits per heavy atom. The summed E-state index contributed by atoms with van der Waals surface area (Å²) in [6, 6.07) is 12.4. The lowest BCUT2D eigenvalue weighted by Gasteiger charge is -2.12. The third-order valence-electron chi connectivity index (χ3n) is 5.82. The van der Waals surface area contributed by atoms with Crippen LogP contribution in [0.5, 0.6) is 0 Å². The molecule has 192 valence electrons. The molecule has 9 nitrogen and oxygen atoms in total. The fraction of sp³-hybridized carbons (Fsp3) is 0.115. The molecule has 38 heavy (non-hydrogen) atoms. The topological polar surface area (TPSA) is 118 Å². The number of aromatic amines is 1. The van der Waals surface area contributed by atoms with E-state index in [2.05, 4.69) is 30.9 Å². The number of nitrogens with one attached hydrogen (secondary N) is 3. The highest BCUT2D eigenvalue weighted by atomic mass is 19.4. The van der Waals surface area contributed by atoms with Crippen molar-refractivity contribution in [2.24, 2.45) is 0 Å². The minimum atomic E-state index is -4.51. The average molecular weight is 519 g/mol. The first-order chi connectivity index (χ1) is 18.2. The van der Waals surface area contributed by atoms with E-state index >= 15 is 0 Å². The number of fused-ring (bicyclic) bond motifs is 1. The minimum Gasteiger partial charge on any atom is -0.324 e. The van der Waals surface area contributed by atoms with Gasteiger partial charge in [0.15, 0.2) is 5.82 Å². The lowest BCUT2D eigenvalue weighted by atomic mass is 10.1. The third-order valence-corrected chi connectivity index (χ3v) is 5.82. The average Bonchev–Trinajstić information content (AvgIpc) is 3.52. The number of alkyl halides is 3. The van der Waals surface area contributed by atoms with Crippen molar-refractivity contribution >= 4 is 34.2 Å². The Bertz CT molecular complexity index is 1640. The molecule has 0 spiro atoms. The molecule has 3 aromatic heterocycles. The standard InChI is InChI=1S/C26H20F3N7O2/c1-15-4-6-19(10-21(15)26(27,28)29)32-23(37)14-36-13-18(12-31-36)16-5-7-20-22(9-16)34-35-24(20)33-25(38)17-3-2-8-30-11-17/h2-13H,14H2,1H3,(H,32,37)(H2,33,34,35,38). The Hall–Kier alpha value is -5.00. The van der Waals surface area contributed by atoms with Gasteiger partial charge in [0.25, 0.3) is 5.91 Å². The van der Waals surface area contributed by atoms with Crippen LogP contribution in [-0.4, -0.2) is 36.8 Å². The van der Waals surface area contributed by atoms with E-state index in [0.29, 0.717) is 27.8 Å². The van der Waals surface area contributed by atoms with Crippen LogP contribution >= 0.6 is 0 Å². The molecule has 0 atom stereocenters. The van der Waals surface area contributed by atoms with Gasteiger partial charge in [0, 0.05) is 35.2 Å². The van der Waals surface area contributed by atoms with E-state index in [1.807, 2.05) is 12.1 Å². The summed E-state index contributed by atoms with van der Waals surface area (Å²) in [4.78, 5) is 28.8. The number of pyridine rings is 1. The molecule has 2 aromatic carbocycles. The van der Waals surface area contributed by atoms with Gasteiger partial charge in [-0.3, -0.25) is 24.4 Å². The summed E-state index contributed by atoms with van der Waals surface area (Å²) in [6.45, 7) is 1.17. The summed E-state index contributed by atoms with van der Waals surface area (Å²) < 4.78 is 40.8. The molecule has 0 unspecified atom stereocenters. The number of aryl methyl sites for hydroxylation is 1. The molecule has 5 aromatic rings. The summed E-state index contributed by atoms with van der Waals surface area (Å²) in [5.41, 5.74) is 1.90. The molecule has 0 bridgehead atoms. The predicted molar refractivity (Wildman–Crippen MR) is 134 cm³/mol. The molecule has 0 aliphatic rings. The van der Waals surface area contributed by atoms with Crippen LogP contribution in [0.15, 0.2) is 73.3 Å². The molecule has 0 fully saturated rings. The van der Waals surface area contributed by atoms with Crippen molar-refractivity contribution in [3.05, 3.63) is 90.0 Å². The van der Waals surface area contributed by atoms with Crippen molar-refractivity contribution in [2.45, 2.75) is 19.6 Å². The van der Waals surface area contributed by atoms with Crippen LogP contribution < -0.4 is 10.6 Å². The number of carbonyl (C=O) groups is 2. The van der Waals surface area contributed by atoms with Crippen LogP contribution in [0.4, 0.5) is 24.7 Å². The van der Waals surface area contributed by atoms with Crippen molar-refractivity contribution < 1.29 is 22.8 Å². The first-order valence-corrected chi connectivity index (χ1v) is 11.4. The molecule has 0 aliphatic heterocycles. The van der Waals surface area contributed by atoms with Crippen molar-refractivity contribution in [3.63, 3.8) is 0 Å². The van der Waals surface area contributed by atoms with Crippen LogP contribution in [-0.2, 0) is 17.5 Å². The maximum Gasteiger partial charge on any atom is 0.416 e. The summed E-state index contributed by atoms with van der Waals surface area (Å²) in [5.74, 6) is -0.484. The Balaban J connectivity index is 1.27. The van der Waals surface area contributed by atoms with E-state index in [1.165, 1.54) is 29.9 Å². The van der Waals surface area contributed by atoms with E-state index in [-0.39, 0.29) is 23.7 Å². The molecular weight excluding hydrogens is 499 g/mol. The lowest BCUT2D eigenvalue weighted by molar-refractivity contribution is -0.138. The Morgan fingerprint density at radius 3 is 2.63 bits per heavy atom. The number of hydrogen-bond donors (Lipinski definition) is 3. The van der Waals surface area contributed by atoms with Gasteiger partial charge in [-0.1, -0.05) is 12.1 Å². The van der Waals surface area contributed by atoms with Crippen LogP contribution in [0.2, 0.25) is 0 Å². The fourth-order valence-electron chi connectivity index (χ4n) is 3.92. The second-order valence-electron chi connectivity index (χ2n) is 8.53. The van der Waals surface area contributed by atoms with Gasteiger partial charge in [-0.15, -0.1) is 0 Å². The summed E-state index contributed by atoms with van der Waals surface area (Å²) in [6.07, 6.45) is 1.75. The van der Waals surface area contributed by atoms with E-state index in [4.69, 9.17) is 0 Å². The van der Waals surface area contributed by atoms with E-state index in [0.717, 1.165) is 11.6 Å². The molecule has 2 amide bonds. The maximum absolute atomic E-state index is 13.1. The first kappa shape index (κ1) is 24.7. The van der Waals surface area contributed by atoms with E-state index in [1.54, 1.807) is 36.8 Å². The molecule has 0 radical (unpaired) electrons. The van der Waals surface area contributed by atoms with Gasteiger partial charge in [0.1, 0.15) is 6.54 Å². The van der Waals surface area contributed by atoms with Gasteiger partial charge in [-0.05, 0) is 54.4 Å². The molecule has 12 heteroatoms. The highest BCUT2D eigenvalue weighted by Crippen LogP contribution is 2.33.